The first-order valence-corrected chi connectivity index (χ1v) is 11.4. The van der Waals surface area contributed by atoms with E-state index in [0.29, 0.717) is 13.0 Å². The summed E-state index contributed by atoms with van der Waals surface area (Å²) < 4.78 is 0. The van der Waals surface area contributed by atoms with Crippen molar-refractivity contribution >= 4 is 29.6 Å². The third-order valence-corrected chi connectivity index (χ3v) is 6.66. The van der Waals surface area contributed by atoms with Crippen molar-refractivity contribution < 1.29 is 14.4 Å². The molecule has 0 radical (unpaired) electrons. The van der Waals surface area contributed by atoms with Crippen molar-refractivity contribution in [2.75, 3.05) is 18.8 Å². The molecule has 1 saturated heterocycles. The van der Waals surface area contributed by atoms with Crippen LogP contribution in [0.3, 0.4) is 0 Å². The van der Waals surface area contributed by atoms with E-state index in [1.807, 2.05) is 42.5 Å². The first kappa shape index (κ1) is 20.5. The van der Waals surface area contributed by atoms with Gasteiger partial charge in [0.05, 0.1) is 0 Å². The van der Waals surface area contributed by atoms with E-state index in [2.05, 4.69) is 22.8 Å². The average molecular weight is 424 g/mol. The molecule has 156 valence electrons. The van der Waals surface area contributed by atoms with Crippen LogP contribution in [-0.4, -0.2) is 41.6 Å². The topological polar surface area (TPSA) is 78.5 Å². The SMILES string of the molecule is O=C(CN1C(=O)N[C@]2(CCCc3ccccc32)C1=O)NCCSCc1ccccc1. The number of hydrogen-bond acceptors (Lipinski definition) is 4. The Bertz CT molecular complexity index is 950. The fourth-order valence-corrected chi connectivity index (χ4v) is 5.00. The Labute approximate surface area is 180 Å². The third-order valence-electron chi connectivity index (χ3n) is 5.63. The average Bonchev–Trinajstić information content (AvgIpc) is 2.99. The smallest absolute Gasteiger partial charge is 0.325 e. The molecule has 2 aliphatic rings. The number of nitrogens with zero attached hydrogens (tertiary/aromatic N) is 1. The molecule has 1 spiro atoms. The van der Waals surface area contributed by atoms with E-state index >= 15 is 0 Å². The van der Waals surface area contributed by atoms with Gasteiger partial charge >= 0.3 is 6.03 Å². The van der Waals surface area contributed by atoms with E-state index in [1.165, 1.54) is 5.56 Å². The van der Waals surface area contributed by atoms with Gasteiger partial charge in [0.15, 0.2) is 0 Å². The van der Waals surface area contributed by atoms with Gasteiger partial charge in [-0.05, 0) is 36.0 Å². The summed E-state index contributed by atoms with van der Waals surface area (Å²) in [6.45, 7) is 0.242. The number of hydrogen-bond donors (Lipinski definition) is 2. The maximum absolute atomic E-state index is 13.2. The lowest BCUT2D eigenvalue weighted by molar-refractivity contribution is -0.135. The van der Waals surface area contributed by atoms with E-state index in [-0.39, 0.29) is 18.4 Å². The molecule has 0 unspecified atom stereocenters. The summed E-state index contributed by atoms with van der Waals surface area (Å²) >= 11 is 1.73. The Morgan fingerprint density at radius 1 is 1.10 bits per heavy atom. The van der Waals surface area contributed by atoms with Crippen LogP contribution in [0.2, 0.25) is 0 Å². The van der Waals surface area contributed by atoms with Crippen LogP contribution in [0.25, 0.3) is 0 Å². The summed E-state index contributed by atoms with van der Waals surface area (Å²) in [5.41, 5.74) is 2.15. The summed E-state index contributed by atoms with van der Waals surface area (Å²) in [6, 6.07) is 17.4. The van der Waals surface area contributed by atoms with Gasteiger partial charge in [0.2, 0.25) is 5.91 Å². The number of urea groups is 1. The fraction of sp³-hybridized carbons (Fsp3) is 0.348. The van der Waals surface area contributed by atoms with Gasteiger partial charge in [0.25, 0.3) is 5.91 Å². The van der Waals surface area contributed by atoms with Gasteiger partial charge in [0, 0.05) is 18.1 Å². The molecule has 0 bridgehead atoms. The van der Waals surface area contributed by atoms with Crippen LogP contribution in [0.1, 0.15) is 29.5 Å². The van der Waals surface area contributed by atoms with Gasteiger partial charge in [-0.3, -0.25) is 14.5 Å². The molecule has 1 heterocycles. The minimum absolute atomic E-state index is 0.252. The molecule has 2 N–H and O–H groups in total. The van der Waals surface area contributed by atoms with Gasteiger partial charge in [-0.1, -0.05) is 54.6 Å². The van der Waals surface area contributed by atoms with Gasteiger partial charge in [-0.25, -0.2) is 4.79 Å². The lowest BCUT2D eigenvalue weighted by Crippen LogP contribution is -2.47. The molecule has 7 heteroatoms. The second-order valence-electron chi connectivity index (χ2n) is 7.63. The first-order chi connectivity index (χ1) is 14.6. The van der Waals surface area contributed by atoms with Crippen molar-refractivity contribution in [3.05, 3.63) is 71.3 Å². The zero-order valence-electron chi connectivity index (χ0n) is 16.7. The zero-order chi connectivity index (χ0) is 21.0. The minimum atomic E-state index is -1.03. The van der Waals surface area contributed by atoms with Crippen LogP contribution in [-0.2, 0) is 27.3 Å². The van der Waals surface area contributed by atoms with E-state index in [0.717, 1.165) is 40.4 Å². The summed E-state index contributed by atoms with van der Waals surface area (Å²) in [7, 11) is 0. The molecule has 4 rings (SSSR count). The monoisotopic (exact) mass is 423 g/mol. The lowest BCUT2D eigenvalue weighted by Gasteiger charge is -2.33. The first-order valence-electron chi connectivity index (χ1n) is 10.2. The molecule has 30 heavy (non-hydrogen) atoms. The molecule has 1 aliphatic heterocycles. The molecular weight excluding hydrogens is 398 g/mol. The normalized spacial score (nSPS) is 20.2. The van der Waals surface area contributed by atoms with Crippen molar-refractivity contribution in [2.45, 2.75) is 30.6 Å². The second kappa shape index (κ2) is 8.92. The summed E-state index contributed by atoms with van der Waals surface area (Å²) in [6.07, 6.45) is 2.27. The number of nitrogens with one attached hydrogen (secondary N) is 2. The summed E-state index contributed by atoms with van der Waals surface area (Å²) in [4.78, 5) is 39.1. The Balaban J connectivity index is 1.30. The Hall–Kier alpha value is -2.80. The largest absolute Gasteiger partial charge is 0.354 e. The number of thioether (sulfide) groups is 1. The number of rotatable bonds is 7. The van der Waals surface area contributed by atoms with Crippen molar-refractivity contribution in [1.82, 2.24) is 15.5 Å². The highest BCUT2D eigenvalue weighted by Gasteiger charge is 2.54. The molecule has 1 atom stereocenters. The van der Waals surface area contributed by atoms with Gasteiger partial charge in [0.1, 0.15) is 12.1 Å². The third kappa shape index (κ3) is 4.07. The maximum Gasteiger partial charge on any atom is 0.325 e. The minimum Gasteiger partial charge on any atom is -0.354 e. The van der Waals surface area contributed by atoms with Gasteiger partial charge in [-0.15, -0.1) is 0 Å². The molecule has 2 aromatic carbocycles. The van der Waals surface area contributed by atoms with Crippen LogP contribution in [0.4, 0.5) is 4.79 Å². The highest BCUT2D eigenvalue weighted by molar-refractivity contribution is 7.98. The number of aryl methyl sites for hydroxylation is 1. The quantitative estimate of drug-likeness (QED) is 0.530. The standard InChI is InChI=1S/C23H25N3O3S/c27-20(24-13-14-30-16-17-7-2-1-3-8-17)15-26-21(28)23(25-22(26)29)12-6-10-18-9-4-5-11-19(18)23/h1-5,7-9,11H,6,10,12-16H2,(H,24,27)(H,25,29)/t23-/m0/s1. The van der Waals surface area contributed by atoms with Crippen molar-refractivity contribution in [3.63, 3.8) is 0 Å². The molecule has 0 saturated carbocycles. The number of imide groups is 1. The van der Waals surface area contributed by atoms with Crippen LogP contribution in [0, 0.1) is 0 Å². The molecule has 2 aromatic rings. The molecular formula is C23H25N3O3S. The van der Waals surface area contributed by atoms with E-state index in [9.17, 15) is 14.4 Å². The highest BCUT2D eigenvalue weighted by atomic mass is 32.2. The molecule has 1 fully saturated rings. The Morgan fingerprint density at radius 3 is 2.70 bits per heavy atom. The van der Waals surface area contributed by atoms with Crippen molar-refractivity contribution in [2.24, 2.45) is 0 Å². The Kier molecular flexibility index (Phi) is 6.08. The zero-order valence-corrected chi connectivity index (χ0v) is 17.5. The van der Waals surface area contributed by atoms with Gasteiger partial charge in [-0.2, -0.15) is 11.8 Å². The molecule has 0 aromatic heterocycles. The van der Waals surface area contributed by atoms with E-state index in [4.69, 9.17) is 0 Å². The van der Waals surface area contributed by atoms with Crippen LogP contribution in [0.15, 0.2) is 54.6 Å². The number of carbonyl (C=O) groups excluding carboxylic acids is 3. The molecule has 4 amide bonds. The summed E-state index contributed by atoms with van der Waals surface area (Å²) in [5.74, 6) is 0.997. The molecule has 6 nitrogen and oxygen atoms in total. The van der Waals surface area contributed by atoms with E-state index in [1.54, 1.807) is 11.8 Å². The van der Waals surface area contributed by atoms with Crippen LogP contribution in [0.5, 0.6) is 0 Å². The number of benzene rings is 2. The van der Waals surface area contributed by atoms with Crippen LogP contribution < -0.4 is 10.6 Å². The number of amides is 4. The predicted octanol–water partition coefficient (Wildman–Crippen LogP) is 2.82. The van der Waals surface area contributed by atoms with Crippen LogP contribution >= 0.6 is 11.8 Å². The number of fused-ring (bicyclic) bond motifs is 2. The highest BCUT2D eigenvalue weighted by Crippen LogP contribution is 2.39. The van der Waals surface area contributed by atoms with Crippen molar-refractivity contribution in [1.29, 1.82) is 0 Å². The lowest BCUT2D eigenvalue weighted by atomic mass is 9.76. The maximum atomic E-state index is 13.2. The fourth-order valence-electron chi connectivity index (χ4n) is 4.18. The molecule has 1 aliphatic carbocycles. The second-order valence-corrected chi connectivity index (χ2v) is 8.73. The summed E-state index contributed by atoms with van der Waals surface area (Å²) in [5, 5.41) is 5.69. The van der Waals surface area contributed by atoms with E-state index < -0.39 is 11.6 Å². The predicted molar refractivity (Wildman–Crippen MR) is 117 cm³/mol. The van der Waals surface area contributed by atoms with Gasteiger partial charge < -0.3 is 10.6 Å². The number of carbonyl (C=O) groups is 3. The Morgan fingerprint density at radius 2 is 1.87 bits per heavy atom. The van der Waals surface area contributed by atoms with Crippen molar-refractivity contribution in [3.8, 4) is 0 Å².